The Kier molecular flexibility index (Phi) is 2.34. The van der Waals surface area contributed by atoms with Crippen molar-refractivity contribution in [3.05, 3.63) is 0 Å². The van der Waals surface area contributed by atoms with E-state index in [1.165, 1.54) is 0 Å². The molecule has 1 heterocycles. The summed E-state index contributed by atoms with van der Waals surface area (Å²) in [5.41, 5.74) is 0. The van der Waals surface area contributed by atoms with Gasteiger partial charge in [0.2, 0.25) is 5.91 Å². The number of nitrogens with one attached hydrogen (secondary N) is 1. The van der Waals surface area contributed by atoms with E-state index in [0.29, 0.717) is 6.61 Å². The van der Waals surface area contributed by atoms with Crippen molar-refractivity contribution in [3.8, 4) is 0 Å². The van der Waals surface area contributed by atoms with E-state index in [1.807, 2.05) is 0 Å². The molecule has 62 valence electrons. The van der Waals surface area contributed by atoms with Crippen LogP contribution in [0.1, 0.15) is 6.92 Å². The molecular formula is C6H8ClNO3. The molecule has 1 saturated heterocycles. The molecule has 11 heavy (non-hydrogen) atoms. The highest BCUT2D eigenvalue weighted by atomic mass is 35.5. The Hall–Kier alpha value is -0.770. The molecule has 0 spiro atoms. The topological polar surface area (TPSA) is 55.4 Å². The highest BCUT2D eigenvalue weighted by Crippen LogP contribution is 2.14. The number of esters is 1. The van der Waals surface area contributed by atoms with E-state index >= 15 is 0 Å². The van der Waals surface area contributed by atoms with Gasteiger partial charge < -0.3 is 10.1 Å². The summed E-state index contributed by atoms with van der Waals surface area (Å²) in [6.45, 7) is 2.00. The molecule has 5 heteroatoms. The summed E-state index contributed by atoms with van der Waals surface area (Å²) in [5.74, 6) is -0.781. The maximum atomic E-state index is 10.9. The van der Waals surface area contributed by atoms with Gasteiger partial charge in [-0.05, 0) is 6.92 Å². The van der Waals surface area contributed by atoms with E-state index in [2.05, 4.69) is 10.1 Å². The van der Waals surface area contributed by atoms with Gasteiger partial charge in [-0.1, -0.05) is 0 Å². The fourth-order valence-electron chi connectivity index (χ4n) is 0.772. The summed E-state index contributed by atoms with van der Waals surface area (Å²) in [4.78, 5) is 21.4. The van der Waals surface area contributed by atoms with Crippen molar-refractivity contribution in [2.75, 3.05) is 6.61 Å². The van der Waals surface area contributed by atoms with Crippen LogP contribution >= 0.6 is 11.6 Å². The number of ether oxygens (including phenoxy) is 1. The summed E-state index contributed by atoms with van der Waals surface area (Å²) in [6.07, 6.45) is 0. The molecule has 1 rings (SSSR count). The molecule has 0 aromatic heterocycles. The van der Waals surface area contributed by atoms with Crippen molar-refractivity contribution in [1.29, 1.82) is 0 Å². The minimum atomic E-state index is -0.756. The summed E-state index contributed by atoms with van der Waals surface area (Å²) < 4.78 is 4.63. The van der Waals surface area contributed by atoms with Crippen LogP contribution < -0.4 is 5.32 Å². The lowest BCUT2D eigenvalue weighted by atomic mass is 10.1. The van der Waals surface area contributed by atoms with Crippen LogP contribution in [0.25, 0.3) is 0 Å². The molecular weight excluding hydrogens is 170 g/mol. The van der Waals surface area contributed by atoms with Crippen LogP contribution in [0, 0.1) is 0 Å². The van der Waals surface area contributed by atoms with Crippen molar-refractivity contribution >= 4 is 23.5 Å². The minimum absolute atomic E-state index is 0.300. The number of halogens is 1. The molecule has 1 aliphatic rings. The molecule has 1 amide bonds. The second-order valence-electron chi connectivity index (χ2n) is 2.14. The maximum absolute atomic E-state index is 10.9. The molecule has 0 radical (unpaired) electrons. The van der Waals surface area contributed by atoms with E-state index in [0.717, 1.165) is 0 Å². The quantitative estimate of drug-likeness (QED) is 0.357. The van der Waals surface area contributed by atoms with Crippen molar-refractivity contribution in [2.45, 2.75) is 18.3 Å². The average molecular weight is 178 g/mol. The SMILES string of the molecule is CCOC(=O)[C@H]1NC(=O)[C@@H]1Cl. The monoisotopic (exact) mass is 177 g/mol. The van der Waals surface area contributed by atoms with Crippen LogP contribution in [0.3, 0.4) is 0 Å². The van der Waals surface area contributed by atoms with Crippen LogP contribution in [-0.4, -0.2) is 29.9 Å². The Labute approximate surface area is 68.8 Å². The lowest BCUT2D eigenvalue weighted by molar-refractivity contribution is -0.152. The molecule has 0 aromatic carbocycles. The van der Waals surface area contributed by atoms with Gasteiger partial charge in [0, 0.05) is 0 Å². The van der Waals surface area contributed by atoms with Crippen molar-refractivity contribution in [1.82, 2.24) is 5.32 Å². The third-order valence-electron chi connectivity index (χ3n) is 1.38. The smallest absolute Gasteiger partial charge is 0.330 e. The largest absolute Gasteiger partial charge is 0.464 e. The van der Waals surface area contributed by atoms with Gasteiger partial charge in [0.15, 0.2) is 6.04 Å². The zero-order valence-corrected chi connectivity index (χ0v) is 6.72. The second kappa shape index (κ2) is 3.09. The van der Waals surface area contributed by atoms with Gasteiger partial charge >= 0.3 is 5.97 Å². The number of hydrogen-bond acceptors (Lipinski definition) is 3. The molecule has 0 aromatic rings. The third-order valence-corrected chi connectivity index (χ3v) is 1.83. The van der Waals surface area contributed by atoms with Crippen molar-refractivity contribution in [3.63, 3.8) is 0 Å². The summed E-state index contributed by atoms with van der Waals surface area (Å²) >= 11 is 5.48. The van der Waals surface area contributed by atoms with E-state index < -0.39 is 17.4 Å². The van der Waals surface area contributed by atoms with Gasteiger partial charge in [-0.25, -0.2) is 4.79 Å². The average Bonchev–Trinajstić information content (AvgIpc) is 1.99. The van der Waals surface area contributed by atoms with E-state index in [9.17, 15) is 9.59 Å². The Morgan fingerprint density at radius 3 is 2.82 bits per heavy atom. The standard InChI is InChI=1S/C6H8ClNO3/c1-2-11-6(10)4-3(7)5(9)8-4/h3-4H,2H2,1H3,(H,8,9)/t3-,4+/m1/s1. The second-order valence-corrected chi connectivity index (χ2v) is 2.61. The van der Waals surface area contributed by atoms with E-state index in [1.54, 1.807) is 6.92 Å². The molecule has 0 aliphatic carbocycles. The highest BCUT2D eigenvalue weighted by molar-refractivity contribution is 6.35. The summed E-state index contributed by atoms with van der Waals surface area (Å²) in [5, 5.41) is 1.58. The first-order valence-electron chi connectivity index (χ1n) is 3.28. The summed E-state index contributed by atoms with van der Waals surface area (Å²) in [6, 6.07) is -0.649. The lowest BCUT2D eigenvalue weighted by Gasteiger charge is -2.29. The highest BCUT2D eigenvalue weighted by Gasteiger charge is 2.43. The van der Waals surface area contributed by atoms with Crippen molar-refractivity contribution < 1.29 is 14.3 Å². The predicted octanol–water partition coefficient (Wildman–Crippen LogP) is -0.345. The number of hydrogen-bond donors (Lipinski definition) is 1. The lowest BCUT2D eigenvalue weighted by Crippen LogP contribution is -2.63. The van der Waals surface area contributed by atoms with E-state index in [-0.39, 0.29) is 5.91 Å². The fraction of sp³-hybridized carbons (Fsp3) is 0.667. The van der Waals surface area contributed by atoms with Gasteiger partial charge in [0.1, 0.15) is 5.38 Å². The molecule has 1 aliphatic heterocycles. The van der Waals surface area contributed by atoms with Crippen LogP contribution in [-0.2, 0) is 14.3 Å². The Bertz CT molecular complexity index is 194. The Morgan fingerprint density at radius 1 is 1.82 bits per heavy atom. The third kappa shape index (κ3) is 1.45. The van der Waals surface area contributed by atoms with Crippen LogP contribution in [0.4, 0.5) is 0 Å². The van der Waals surface area contributed by atoms with Gasteiger partial charge in [-0.2, -0.15) is 0 Å². The van der Waals surface area contributed by atoms with Crippen LogP contribution in [0.5, 0.6) is 0 Å². The first-order valence-corrected chi connectivity index (χ1v) is 3.71. The number of β-lactam (4-membered cyclic amide) rings is 1. The number of carbonyl (C=O) groups is 2. The molecule has 0 bridgehead atoms. The Morgan fingerprint density at radius 2 is 2.45 bits per heavy atom. The molecule has 4 nitrogen and oxygen atoms in total. The Balaban J connectivity index is 2.39. The van der Waals surface area contributed by atoms with E-state index in [4.69, 9.17) is 11.6 Å². The summed E-state index contributed by atoms with van der Waals surface area (Å²) in [7, 11) is 0. The molecule has 1 fully saturated rings. The molecule has 1 N–H and O–H groups in total. The first-order chi connectivity index (χ1) is 5.16. The number of rotatable bonds is 2. The molecule has 0 saturated carbocycles. The van der Waals surface area contributed by atoms with Gasteiger partial charge in [-0.15, -0.1) is 11.6 Å². The molecule has 0 unspecified atom stereocenters. The van der Waals surface area contributed by atoms with Crippen LogP contribution in [0.15, 0.2) is 0 Å². The number of amides is 1. The minimum Gasteiger partial charge on any atom is -0.464 e. The molecule has 2 atom stereocenters. The zero-order valence-electron chi connectivity index (χ0n) is 5.96. The normalized spacial score (nSPS) is 28.7. The number of alkyl halides is 1. The van der Waals surface area contributed by atoms with Gasteiger partial charge in [0.05, 0.1) is 6.61 Å². The fourth-order valence-corrected chi connectivity index (χ4v) is 1.00. The maximum Gasteiger partial charge on any atom is 0.330 e. The number of carbonyl (C=O) groups excluding carboxylic acids is 2. The predicted molar refractivity (Wildman–Crippen MR) is 38.2 cm³/mol. The first kappa shape index (κ1) is 8.33. The zero-order chi connectivity index (χ0) is 8.43. The van der Waals surface area contributed by atoms with Gasteiger partial charge in [-0.3, -0.25) is 4.79 Å². The van der Waals surface area contributed by atoms with Crippen molar-refractivity contribution in [2.24, 2.45) is 0 Å². The van der Waals surface area contributed by atoms with Crippen LogP contribution in [0.2, 0.25) is 0 Å². The van der Waals surface area contributed by atoms with Gasteiger partial charge in [0.25, 0.3) is 0 Å².